The lowest BCUT2D eigenvalue weighted by Gasteiger charge is -2.08. The Kier molecular flexibility index (Phi) is 6.02. The summed E-state index contributed by atoms with van der Waals surface area (Å²) in [7, 11) is 1.56. The van der Waals surface area contributed by atoms with Crippen LogP contribution in [-0.2, 0) is 6.54 Å². The maximum atomic E-state index is 10.0. The Morgan fingerprint density at radius 2 is 1.84 bits per heavy atom. The molecule has 0 aliphatic heterocycles. The van der Waals surface area contributed by atoms with E-state index in [4.69, 9.17) is 4.74 Å². The van der Waals surface area contributed by atoms with E-state index >= 15 is 0 Å². The third-order valence-electron chi connectivity index (χ3n) is 4.53. The summed E-state index contributed by atoms with van der Waals surface area (Å²) in [4.78, 5) is 13.2. The predicted octanol–water partition coefficient (Wildman–Crippen LogP) is 4.42. The van der Waals surface area contributed by atoms with Crippen molar-refractivity contribution in [2.45, 2.75) is 20.4 Å². The molecule has 162 valence electrons. The number of aryl methyl sites for hydroxylation is 2. The number of anilines is 2. The number of benzene rings is 2. The Bertz CT molecular complexity index is 1250. The summed E-state index contributed by atoms with van der Waals surface area (Å²) < 4.78 is 6.82. The number of para-hydroxylation sites is 1. The van der Waals surface area contributed by atoms with E-state index in [0.717, 1.165) is 17.1 Å². The number of methoxy groups -OCH3 is 1. The fraction of sp³-hybridized carbons (Fsp3) is 0.182. The van der Waals surface area contributed by atoms with E-state index in [1.807, 2.05) is 50.2 Å². The monoisotopic (exact) mass is 430 g/mol. The van der Waals surface area contributed by atoms with Crippen LogP contribution in [0, 0.1) is 13.8 Å². The Morgan fingerprint density at radius 3 is 2.56 bits per heavy atom. The molecule has 10 nitrogen and oxygen atoms in total. The summed E-state index contributed by atoms with van der Waals surface area (Å²) in [6, 6.07) is 16.4. The number of rotatable bonds is 7. The molecule has 0 atom stereocenters. The summed E-state index contributed by atoms with van der Waals surface area (Å²) in [5, 5.41) is 25.9. The van der Waals surface area contributed by atoms with E-state index in [1.165, 1.54) is 0 Å². The fourth-order valence-corrected chi connectivity index (χ4v) is 3.02. The summed E-state index contributed by atoms with van der Waals surface area (Å²) in [5.41, 5.74) is 3.12. The molecule has 10 heteroatoms. The first kappa shape index (κ1) is 20.9. The molecule has 0 spiro atoms. The summed E-state index contributed by atoms with van der Waals surface area (Å²) in [6.45, 7) is 3.95. The van der Waals surface area contributed by atoms with Gasteiger partial charge in [-0.2, -0.15) is 25.2 Å². The first-order valence-electron chi connectivity index (χ1n) is 9.87. The Balaban J connectivity index is 1.66. The molecule has 0 aliphatic rings. The van der Waals surface area contributed by atoms with Gasteiger partial charge in [-0.05, 0) is 50.2 Å². The van der Waals surface area contributed by atoms with E-state index in [9.17, 15) is 5.11 Å². The van der Waals surface area contributed by atoms with Gasteiger partial charge in [0.2, 0.25) is 5.95 Å². The molecule has 4 aromatic rings. The van der Waals surface area contributed by atoms with Crippen molar-refractivity contribution >= 4 is 17.6 Å². The molecule has 2 N–H and O–H groups in total. The predicted molar refractivity (Wildman–Crippen MR) is 119 cm³/mol. The zero-order valence-corrected chi connectivity index (χ0v) is 17.9. The van der Waals surface area contributed by atoms with E-state index in [0.29, 0.717) is 23.2 Å². The van der Waals surface area contributed by atoms with Crippen molar-refractivity contribution in [1.29, 1.82) is 0 Å². The van der Waals surface area contributed by atoms with Crippen molar-refractivity contribution in [1.82, 2.24) is 24.7 Å². The molecule has 4 rings (SSSR count). The standard InChI is InChI=1S/C22H22N8O2/c1-14-11-15(2)30(29-14)22-26-20(24-17-7-5-4-6-8-17)25-21(27-22)28-23-13-16-12-18(32-3)9-10-19(16)31/h4-12,31H,13H2,1-3H3,(H,24,25,26,27). The molecule has 2 heterocycles. The second-order valence-corrected chi connectivity index (χ2v) is 6.98. The fourth-order valence-electron chi connectivity index (χ4n) is 3.02. The minimum absolute atomic E-state index is 0.107. The molecule has 0 aliphatic carbocycles. The quantitative estimate of drug-likeness (QED) is 0.416. The number of phenols is 1. The maximum Gasteiger partial charge on any atom is 0.275 e. The third kappa shape index (κ3) is 4.86. The van der Waals surface area contributed by atoms with Crippen molar-refractivity contribution in [2.24, 2.45) is 10.2 Å². The van der Waals surface area contributed by atoms with Crippen LogP contribution < -0.4 is 10.1 Å². The van der Waals surface area contributed by atoms with Crippen LogP contribution in [0.15, 0.2) is 64.8 Å². The van der Waals surface area contributed by atoms with Crippen LogP contribution in [0.5, 0.6) is 11.5 Å². The number of hydrogen-bond donors (Lipinski definition) is 2. The highest BCUT2D eigenvalue weighted by atomic mass is 16.5. The molecule has 0 fully saturated rings. The van der Waals surface area contributed by atoms with E-state index in [2.05, 4.69) is 35.6 Å². The van der Waals surface area contributed by atoms with Crippen molar-refractivity contribution in [3.05, 3.63) is 71.5 Å². The van der Waals surface area contributed by atoms with Gasteiger partial charge in [0, 0.05) is 16.9 Å². The normalized spacial score (nSPS) is 11.1. The molecule has 2 aromatic heterocycles. The van der Waals surface area contributed by atoms with E-state index in [1.54, 1.807) is 30.0 Å². The van der Waals surface area contributed by atoms with Crippen LogP contribution >= 0.6 is 0 Å². The van der Waals surface area contributed by atoms with Crippen LogP contribution in [-0.4, -0.2) is 36.9 Å². The molecule has 0 unspecified atom stereocenters. The van der Waals surface area contributed by atoms with Gasteiger partial charge in [-0.15, -0.1) is 5.11 Å². The maximum absolute atomic E-state index is 10.0. The minimum Gasteiger partial charge on any atom is -0.508 e. The van der Waals surface area contributed by atoms with Gasteiger partial charge in [-0.1, -0.05) is 18.2 Å². The Morgan fingerprint density at radius 1 is 1.03 bits per heavy atom. The second-order valence-electron chi connectivity index (χ2n) is 6.98. The molecule has 32 heavy (non-hydrogen) atoms. The molecule has 0 bridgehead atoms. The van der Waals surface area contributed by atoms with Gasteiger partial charge in [0.15, 0.2) is 0 Å². The van der Waals surface area contributed by atoms with Crippen LogP contribution in [0.25, 0.3) is 5.95 Å². The zero-order chi connectivity index (χ0) is 22.5. The molecule has 0 saturated heterocycles. The largest absolute Gasteiger partial charge is 0.508 e. The summed E-state index contributed by atoms with van der Waals surface area (Å²) in [6.07, 6.45) is 0. The van der Waals surface area contributed by atoms with Crippen LogP contribution in [0.2, 0.25) is 0 Å². The number of nitrogens with zero attached hydrogens (tertiary/aromatic N) is 7. The van der Waals surface area contributed by atoms with Gasteiger partial charge in [-0.25, -0.2) is 4.68 Å². The minimum atomic E-state index is 0.107. The lowest BCUT2D eigenvalue weighted by molar-refractivity contribution is 0.410. The number of hydrogen-bond acceptors (Lipinski definition) is 9. The van der Waals surface area contributed by atoms with Crippen LogP contribution in [0.3, 0.4) is 0 Å². The molecular formula is C22H22N8O2. The highest BCUT2D eigenvalue weighted by molar-refractivity contribution is 5.54. The third-order valence-corrected chi connectivity index (χ3v) is 4.53. The molecule has 0 saturated carbocycles. The zero-order valence-electron chi connectivity index (χ0n) is 17.9. The van der Waals surface area contributed by atoms with Gasteiger partial charge in [0.05, 0.1) is 19.3 Å². The number of azo groups is 1. The first-order valence-corrected chi connectivity index (χ1v) is 9.87. The lowest BCUT2D eigenvalue weighted by atomic mass is 10.2. The smallest absolute Gasteiger partial charge is 0.275 e. The van der Waals surface area contributed by atoms with Gasteiger partial charge >= 0.3 is 0 Å². The summed E-state index contributed by atoms with van der Waals surface area (Å²) in [5.74, 6) is 1.47. The van der Waals surface area contributed by atoms with Crippen LogP contribution in [0.1, 0.15) is 17.0 Å². The highest BCUT2D eigenvalue weighted by Crippen LogP contribution is 2.24. The molecule has 0 radical (unpaired) electrons. The number of aromatic hydroxyl groups is 1. The average Bonchev–Trinajstić information content (AvgIpc) is 3.13. The van der Waals surface area contributed by atoms with Gasteiger partial charge in [0.1, 0.15) is 11.5 Å². The van der Waals surface area contributed by atoms with Crippen molar-refractivity contribution < 1.29 is 9.84 Å². The lowest BCUT2D eigenvalue weighted by Crippen LogP contribution is -2.08. The SMILES string of the molecule is COc1ccc(O)c(CN=Nc2nc(Nc3ccccc3)nc(-n3nc(C)cc3C)n2)c1. The topological polar surface area (TPSA) is 123 Å². The number of aromatic nitrogens is 5. The van der Waals surface area contributed by atoms with E-state index in [-0.39, 0.29) is 18.2 Å². The van der Waals surface area contributed by atoms with E-state index < -0.39 is 0 Å². The van der Waals surface area contributed by atoms with Crippen molar-refractivity contribution in [2.75, 3.05) is 12.4 Å². The molecule has 0 amide bonds. The molecule has 2 aromatic carbocycles. The number of ether oxygens (including phenoxy) is 1. The highest BCUT2D eigenvalue weighted by Gasteiger charge is 2.12. The van der Waals surface area contributed by atoms with Gasteiger partial charge in [-0.3, -0.25) is 0 Å². The van der Waals surface area contributed by atoms with Gasteiger partial charge in [0.25, 0.3) is 11.9 Å². The number of phenolic OH excluding ortho intramolecular Hbond substituents is 1. The Hall–Kier alpha value is -4.34. The van der Waals surface area contributed by atoms with Crippen molar-refractivity contribution in [3.8, 4) is 17.4 Å². The summed E-state index contributed by atoms with van der Waals surface area (Å²) >= 11 is 0. The number of nitrogens with one attached hydrogen (secondary N) is 1. The Labute approximate surface area is 184 Å². The van der Waals surface area contributed by atoms with Crippen LogP contribution in [0.4, 0.5) is 17.6 Å². The second kappa shape index (κ2) is 9.21. The average molecular weight is 430 g/mol. The van der Waals surface area contributed by atoms with Crippen molar-refractivity contribution in [3.63, 3.8) is 0 Å². The van der Waals surface area contributed by atoms with Gasteiger partial charge < -0.3 is 15.2 Å². The molecular weight excluding hydrogens is 408 g/mol. The first-order chi connectivity index (χ1) is 15.5.